The van der Waals surface area contributed by atoms with Gasteiger partial charge in [-0.25, -0.2) is 14.8 Å². The van der Waals surface area contributed by atoms with Gasteiger partial charge in [-0.3, -0.25) is 0 Å². The van der Waals surface area contributed by atoms with Gasteiger partial charge in [0.05, 0.1) is 29.3 Å². The number of nitrogens with one attached hydrogen (secondary N) is 2. The summed E-state index contributed by atoms with van der Waals surface area (Å²) in [6.07, 6.45) is 10.5. The molecular formula is C22H29N7O3. The highest BCUT2D eigenvalue weighted by Crippen LogP contribution is 2.26. The summed E-state index contributed by atoms with van der Waals surface area (Å²) >= 11 is 0. The van der Waals surface area contributed by atoms with Crippen molar-refractivity contribution in [2.75, 3.05) is 36.1 Å². The van der Waals surface area contributed by atoms with Gasteiger partial charge in [-0.15, -0.1) is 0 Å². The highest BCUT2D eigenvalue weighted by atomic mass is 16.6. The monoisotopic (exact) mass is 439 g/mol. The Morgan fingerprint density at radius 3 is 2.84 bits per heavy atom. The van der Waals surface area contributed by atoms with Gasteiger partial charge in [0.2, 0.25) is 5.88 Å². The van der Waals surface area contributed by atoms with E-state index in [1.165, 1.54) is 20.0 Å². The molecule has 1 atom stereocenters. The molecule has 2 amide bonds. The number of anilines is 3. The van der Waals surface area contributed by atoms with E-state index in [1.807, 2.05) is 6.07 Å². The van der Waals surface area contributed by atoms with Gasteiger partial charge in [0.15, 0.2) is 0 Å². The summed E-state index contributed by atoms with van der Waals surface area (Å²) in [6, 6.07) is 5.21. The molecule has 10 nitrogen and oxygen atoms in total. The highest BCUT2D eigenvalue weighted by Gasteiger charge is 2.26. The molecule has 0 bridgehead atoms. The Labute approximate surface area is 187 Å². The molecule has 1 unspecified atom stereocenters. The van der Waals surface area contributed by atoms with Crippen LogP contribution in [-0.4, -0.2) is 54.6 Å². The van der Waals surface area contributed by atoms with Gasteiger partial charge >= 0.3 is 6.03 Å². The Balaban J connectivity index is 1.30. The molecule has 2 aromatic heterocycles. The summed E-state index contributed by atoms with van der Waals surface area (Å²) < 4.78 is 5.86. The fourth-order valence-corrected chi connectivity index (χ4v) is 4.14. The fourth-order valence-electron chi connectivity index (χ4n) is 4.14. The second-order valence-corrected chi connectivity index (χ2v) is 7.99. The zero-order valence-electron chi connectivity index (χ0n) is 18.2. The van der Waals surface area contributed by atoms with Crippen LogP contribution in [0, 0.1) is 0 Å². The topological polar surface area (TPSA) is 127 Å². The zero-order chi connectivity index (χ0) is 22.3. The SMILES string of the molecule is CO/N=C/c1c(N2CCC(NC(=O)Nc3ccc(OC4CCCC4)nc3)C2)ccnc1N. The Morgan fingerprint density at radius 1 is 1.25 bits per heavy atom. The second-order valence-electron chi connectivity index (χ2n) is 7.99. The Morgan fingerprint density at radius 2 is 2.09 bits per heavy atom. The number of rotatable bonds is 7. The minimum atomic E-state index is -0.265. The molecule has 4 rings (SSSR count). The standard InChI is InChI=1S/C22H29N7O3/c1-31-26-13-18-19(8-10-24-21(18)23)29-11-9-16(14-29)28-22(30)27-15-6-7-20(25-12-15)32-17-4-2-3-5-17/h6-8,10,12-13,16-17H,2-5,9,11,14H2,1H3,(H2,23,24)(H2,27,28,30)/b26-13+. The number of pyridine rings is 2. The van der Waals surface area contributed by atoms with E-state index < -0.39 is 0 Å². The lowest BCUT2D eigenvalue weighted by molar-refractivity contribution is 0.201. The summed E-state index contributed by atoms with van der Waals surface area (Å²) in [6.45, 7) is 1.42. The van der Waals surface area contributed by atoms with Crippen LogP contribution < -0.4 is 26.0 Å². The second kappa shape index (κ2) is 10.2. The van der Waals surface area contributed by atoms with Crippen molar-refractivity contribution < 1.29 is 14.4 Å². The summed E-state index contributed by atoms with van der Waals surface area (Å²) in [5, 5.41) is 9.68. The average molecular weight is 440 g/mol. The third-order valence-corrected chi connectivity index (χ3v) is 5.73. The molecule has 1 saturated carbocycles. The van der Waals surface area contributed by atoms with Crippen molar-refractivity contribution >= 4 is 29.4 Å². The van der Waals surface area contributed by atoms with Crippen molar-refractivity contribution in [2.45, 2.75) is 44.2 Å². The molecule has 2 aliphatic rings. The minimum absolute atomic E-state index is 0.00506. The summed E-state index contributed by atoms with van der Waals surface area (Å²) in [5.74, 6) is 0.976. The zero-order valence-corrected chi connectivity index (χ0v) is 18.2. The lowest BCUT2D eigenvalue weighted by atomic mass is 10.2. The van der Waals surface area contributed by atoms with Crippen LogP contribution in [0.25, 0.3) is 0 Å². The molecule has 2 aromatic rings. The van der Waals surface area contributed by atoms with Crippen LogP contribution in [0.5, 0.6) is 5.88 Å². The maximum absolute atomic E-state index is 12.5. The predicted molar refractivity (Wildman–Crippen MR) is 123 cm³/mol. The number of nitrogens with two attached hydrogens (primary N) is 1. The lowest BCUT2D eigenvalue weighted by Gasteiger charge is -2.21. The first-order valence-electron chi connectivity index (χ1n) is 10.9. The van der Waals surface area contributed by atoms with Crippen molar-refractivity contribution in [1.29, 1.82) is 0 Å². The number of carbonyl (C=O) groups excluding carboxylic acids is 1. The maximum atomic E-state index is 12.5. The number of hydrogen-bond acceptors (Lipinski definition) is 8. The number of carbonyl (C=O) groups is 1. The van der Waals surface area contributed by atoms with Crippen LogP contribution in [0.4, 0.5) is 22.0 Å². The van der Waals surface area contributed by atoms with E-state index in [0.717, 1.165) is 31.5 Å². The summed E-state index contributed by atoms with van der Waals surface area (Å²) in [5.41, 5.74) is 8.24. The number of oxime groups is 1. The number of amides is 2. The van der Waals surface area contributed by atoms with E-state index >= 15 is 0 Å². The number of nitrogens with zero attached hydrogens (tertiary/aromatic N) is 4. The van der Waals surface area contributed by atoms with E-state index in [2.05, 4.69) is 30.7 Å². The molecule has 1 aliphatic heterocycles. The van der Waals surface area contributed by atoms with Crippen LogP contribution in [-0.2, 0) is 4.84 Å². The van der Waals surface area contributed by atoms with Crippen LogP contribution in [0.15, 0.2) is 35.7 Å². The van der Waals surface area contributed by atoms with Crippen molar-refractivity contribution in [1.82, 2.24) is 15.3 Å². The van der Waals surface area contributed by atoms with E-state index in [0.29, 0.717) is 29.5 Å². The Hall–Kier alpha value is -3.56. The van der Waals surface area contributed by atoms with E-state index in [9.17, 15) is 4.79 Å². The fraction of sp³-hybridized carbons (Fsp3) is 0.455. The number of nitrogen functional groups attached to an aromatic ring is 1. The highest BCUT2D eigenvalue weighted by molar-refractivity contribution is 5.93. The van der Waals surface area contributed by atoms with Gasteiger partial charge in [0.1, 0.15) is 19.0 Å². The normalized spacial score (nSPS) is 18.8. The van der Waals surface area contributed by atoms with Crippen molar-refractivity contribution in [3.63, 3.8) is 0 Å². The van der Waals surface area contributed by atoms with Gasteiger partial charge in [0.25, 0.3) is 0 Å². The molecule has 2 fully saturated rings. The molecule has 170 valence electrons. The lowest BCUT2D eigenvalue weighted by Crippen LogP contribution is -2.39. The number of urea groups is 1. The molecule has 0 radical (unpaired) electrons. The molecule has 1 saturated heterocycles. The smallest absolute Gasteiger partial charge is 0.319 e. The maximum Gasteiger partial charge on any atom is 0.319 e. The van der Waals surface area contributed by atoms with Crippen molar-refractivity contribution in [3.05, 3.63) is 36.2 Å². The summed E-state index contributed by atoms with van der Waals surface area (Å²) in [7, 11) is 1.48. The molecule has 32 heavy (non-hydrogen) atoms. The first-order chi connectivity index (χ1) is 15.6. The van der Waals surface area contributed by atoms with Gasteiger partial charge < -0.3 is 30.8 Å². The number of aromatic nitrogens is 2. The molecule has 10 heteroatoms. The largest absolute Gasteiger partial charge is 0.474 e. The van der Waals surface area contributed by atoms with Crippen LogP contribution in [0.2, 0.25) is 0 Å². The van der Waals surface area contributed by atoms with Crippen molar-refractivity contribution in [3.8, 4) is 5.88 Å². The minimum Gasteiger partial charge on any atom is -0.474 e. The van der Waals surface area contributed by atoms with Gasteiger partial charge in [0, 0.05) is 31.4 Å². The third-order valence-electron chi connectivity index (χ3n) is 5.73. The van der Waals surface area contributed by atoms with Crippen LogP contribution >= 0.6 is 0 Å². The molecule has 0 aromatic carbocycles. The van der Waals surface area contributed by atoms with Gasteiger partial charge in [-0.1, -0.05) is 5.16 Å². The number of hydrogen-bond donors (Lipinski definition) is 3. The van der Waals surface area contributed by atoms with Crippen molar-refractivity contribution in [2.24, 2.45) is 5.16 Å². The van der Waals surface area contributed by atoms with Gasteiger partial charge in [-0.05, 0) is 44.2 Å². The first-order valence-corrected chi connectivity index (χ1v) is 10.9. The molecule has 4 N–H and O–H groups in total. The predicted octanol–water partition coefficient (Wildman–Crippen LogP) is 2.76. The Bertz CT molecular complexity index is 945. The van der Waals surface area contributed by atoms with E-state index in [1.54, 1.807) is 30.7 Å². The average Bonchev–Trinajstić information content (AvgIpc) is 3.46. The molecular weight excluding hydrogens is 410 g/mol. The first kappa shape index (κ1) is 21.7. The molecule has 1 aliphatic carbocycles. The third kappa shape index (κ3) is 5.37. The summed E-state index contributed by atoms with van der Waals surface area (Å²) in [4.78, 5) is 27.8. The van der Waals surface area contributed by atoms with E-state index in [-0.39, 0.29) is 18.2 Å². The van der Waals surface area contributed by atoms with Crippen LogP contribution in [0.1, 0.15) is 37.7 Å². The Kier molecular flexibility index (Phi) is 6.88. The quantitative estimate of drug-likeness (QED) is 0.447. The van der Waals surface area contributed by atoms with Crippen LogP contribution in [0.3, 0.4) is 0 Å². The van der Waals surface area contributed by atoms with E-state index in [4.69, 9.17) is 15.3 Å². The van der Waals surface area contributed by atoms with Gasteiger partial charge in [-0.2, -0.15) is 0 Å². The molecule has 0 spiro atoms. The number of ether oxygens (including phenoxy) is 1. The molecule has 3 heterocycles.